The highest BCUT2D eigenvalue weighted by atomic mass is 16.5. The number of amides is 1. The van der Waals surface area contributed by atoms with Gasteiger partial charge >= 0.3 is 0 Å². The van der Waals surface area contributed by atoms with E-state index in [1.54, 1.807) is 6.26 Å². The zero-order valence-electron chi connectivity index (χ0n) is 14.3. The van der Waals surface area contributed by atoms with E-state index >= 15 is 0 Å². The number of hydrogen-bond acceptors (Lipinski definition) is 7. The van der Waals surface area contributed by atoms with Crippen molar-refractivity contribution in [2.24, 2.45) is 5.41 Å². The summed E-state index contributed by atoms with van der Waals surface area (Å²) >= 11 is 0. The van der Waals surface area contributed by atoms with Gasteiger partial charge in [-0.05, 0) is 31.0 Å². The average Bonchev–Trinajstić information content (AvgIpc) is 3.32. The number of carbonyl (C=O) groups excluding carboxylic acids is 1. The molecule has 2 fully saturated rings. The maximum absolute atomic E-state index is 12.7. The molecule has 0 N–H and O–H groups in total. The van der Waals surface area contributed by atoms with Crippen molar-refractivity contribution in [2.45, 2.75) is 38.8 Å². The minimum Gasteiger partial charge on any atom is -0.364 e. The van der Waals surface area contributed by atoms with Crippen LogP contribution in [0.5, 0.6) is 0 Å². The Hall–Kier alpha value is -2.29. The minimum absolute atomic E-state index is 0.0780. The fourth-order valence-corrected chi connectivity index (χ4v) is 4.10. The number of carbonyl (C=O) groups is 1. The highest BCUT2D eigenvalue weighted by molar-refractivity contribution is 5.75. The molecule has 0 saturated carbocycles. The Morgan fingerprint density at radius 1 is 1.24 bits per heavy atom. The van der Waals surface area contributed by atoms with Crippen LogP contribution in [0, 0.1) is 5.41 Å². The second-order valence-electron chi connectivity index (χ2n) is 7.19. The van der Waals surface area contributed by atoms with Gasteiger partial charge in [-0.25, -0.2) is 0 Å². The van der Waals surface area contributed by atoms with Gasteiger partial charge in [0.2, 0.25) is 5.91 Å². The zero-order valence-corrected chi connectivity index (χ0v) is 14.3. The van der Waals surface area contributed by atoms with E-state index in [1.807, 2.05) is 11.0 Å². The number of aromatic nitrogens is 5. The Labute approximate surface area is 145 Å². The van der Waals surface area contributed by atoms with E-state index < -0.39 is 0 Å². The molecule has 0 aromatic carbocycles. The minimum atomic E-state index is 0.0780. The largest absolute Gasteiger partial charge is 0.364 e. The maximum atomic E-state index is 12.7. The van der Waals surface area contributed by atoms with Crippen LogP contribution in [-0.4, -0.2) is 67.2 Å². The molecular weight excluding hydrogens is 322 g/mol. The van der Waals surface area contributed by atoms with Crippen LogP contribution >= 0.6 is 0 Å². The molecule has 134 valence electrons. The molecule has 4 rings (SSSR count). The van der Waals surface area contributed by atoms with Crippen LogP contribution in [0.25, 0.3) is 0 Å². The number of rotatable bonds is 4. The molecule has 2 aliphatic heterocycles. The van der Waals surface area contributed by atoms with Crippen LogP contribution < -0.4 is 0 Å². The Morgan fingerprint density at radius 3 is 3.00 bits per heavy atom. The van der Waals surface area contributed by atoms with Crippen LogP contribution in [0.4, 0.5) is 0 Å². The summed E-state index contributed by atoms with van der Waals surface area (Å²) in [6.45, 7) is 4.66. The molecule has 9 nitrogen and oxygen atoms in total. The molecule has 4 heterocycles. The molecule has 2 saturated heterocycles. The lowest BCUT2D eigenvalue weighted by atomic mass is 9.82. The summed E-state index contributed by atoms with van der Waals surface area (Å²) in [4.78, 5) is 18.4. The summed E-state index contributed by atoms with van der Waals surface area (Å²) in [6.07, 6.45) is 7.50. The first kappa shape index (κ1) is 16.2. The van der Waals surface area contributed by atoms with Gasteiger partial charge in [0.15, 0.2) is 6.33 Å². The normalized spacial score (nSPS) is 24.7. The van der Waals surface area contributed by atoms with Crippen molar-refractivity contribution in [1.82, 2.24) is 35.2 Å². The highest BCUT2D eigenvalue weighted by Crippen LogP contribution is 2.39. The Morgan fingerprint density at radius 2 is 2.20 bits per heavy atom. The number of likely N-dealkylation sites (tertiary alicyclic amines) is 2. The van der Waals surface area contributed by atoms with Crippen LogP contribution in [0.2, 0.25) is 0 Å². The molecule has 1 amide bonds. The Bertz CT molecular complexity index is 687. The lowest BCUT2D eigenvalue weighted by molar-refractivity contribution is -0.133. The molecule has 0 bridgehead atoms. The molecule has 1 atom stereocenters. The van der Waals surface area contributed by atoms with Crippen LogP contribution in [-0.2, 0) is 17.9 Å². The van der Waals surface area contributed by atoms with E-state index in [4.69, 9.17) is 4.52 Å². The standard InChI is InChI=1S/C16H23N7O2/c24-15(10-23-18-13-17-20-23)22-6-2-1-4-16(12-22)5-7-21(11-16)9-14-3-8-25-19-14/h3,8,13H,1-2,4-7,9-12H2. The first-order valence-electron chi connectivity index (χ1n) is 8.83. The molecule has 2 aromatic rings. The van der Waals surface area contributed by atoms with Gasteiger partial charge in [0.1, 0.15) is 12.8 Å². The molecule has 0 radical (unpaired) electrons. The van der Waals surface area contributed by atoms with Crippen LogP contribution in [0.1, 0.15) is 31.4 Å². The quantitative estimate of drug-likeness (QED) is 0.799. The van der Waals surface area contributed by atoms with Gasteiger partial charge in [0.25, 0.3) is 0 Å². The van der Waals surface area contributed by atoms with Gasteiger partial charge in [0.05, 0.1) is 5.69 Å². The Kier molecular flexibility index (Phi) is 4.48. The first-order valence-corrected chi connectivity index (χ1v) is 8.83. The monoisotopic (exact) mass is 345 g/mol. The third kappa shape index (κ3) is 3.71. The highest BCUT2D eigenvalue weighted by Gasteiger charge is 2.41. The summed E-state index contributed by atoms with van der Waals surface area (Å²) < 4.78 is 4.93. The summed E-state index contributed by atoms with van der Waals surface area (Å²) in [5.41, 5.74) is 1.15. The van der Waals surface area contributed by atoms with E-state index in [2.05, 4.69) is 25.5 Å². The fraction of sp³-hybridized carbons (Fsp3) is 0.688. The van der Waals surface area contributed by atoms with Gasteiger partial charge in [-0.2, -0.15) is 4.80 Å². The van der Waals surface area contributed by atoms with E-state index in [1.165, 1.54) is 24.0 Å². The molecule has 25 heavy (non-hydrogen) atoms. The number of hydrogen-bond donors (Lipinski definition) is 0. The smallest absolute Gasteiger partial charge is 0.246 e. The summed E-state index contributed by atoms with van der Waals surface area (Å²) in [7, 11) is 0. The molecule has 0 aliphatic carbocycles. The molecule has 2 aromatic heterocycles. The second kappa shape index (κ2) is 6.91. The third-order valence-corrected chi connectivity index (χ3v) is 5.33. The van der Waals surface area contributed by atoms with Crippen molar-refractivity contribution in [3.05, 3.63) is 24.4 Å². The summed E-state index contributed by atoms with van der Waals surface area (Å²) in [5.74, 6) is 0.0780. The van der Waals surface area contributed by atoms with Crippen molar-refractivity contribution in [3.63, 3.8) is 0 Å². The van der Waals surface area contributed by atoms with Crippen molar-refractivity contribution < 1.29 is 9.32 Å². The third-order valence-electron chi connectivity index (χ3n) is 5.33. The van der Waals surface area contributed by atoms with E-state index in [9.17, 15) is 4.79 Å². The van der Waals surface area contributed by atoms with Gasteiger partial charge in [-0.15, -0.1) is 10.2 Å². The van der Waals surface area contributed by atoms with Crippen molar-refractivity contribution in [2.75, 3.05) is 26.2 Å². The van der Waals surface area contributed by atoms with Crippen molar-refractivity contribution in [3.8, 4) is 0 Å². The van der Waals surface area contributed by atoms with E-state index in [0.717, 1.165) is 51.3 Å². The predicted molar refractivity (Wildman–Crippen MR) is 87.1 cm³/mol. The molecule has 2 aliphatic rings. The number of nitrogens with zero attached hydrogens (tertiary/aromatic N) is 7. The van der Waals surface area contributed by atoms with E-state index in [-0.39, 0.29) is 17.9 Å². The van der Waals surface area contributed by atoms with Gasteiger partial charge < -0.3 is 9.42 Å². The second-order valence-corrected chi connectivity index (χ2v) is 7.19. The van der Waals surface area contributed by atoms with Gasteiger partial charge in [-0.3, -0.25) is 9.69 Å². The lowest BCUT2D eigenvalue weighted by Gasteiger charge is -2.33. The zero-order chi connectivity index (χ0) is 17.1. The molecular formula is C16H23N7O2. The molecule has 9 heteroatoms. The Balaban J connectivity index is 1.40. The van der Waals surface area contributed by atoms with Crippen LogP contribution in [0.15, 0.2) is 23.2 Å². The number of tetrazole rings is 1. The summed E-state index contributed by atoms with van der Waals surface area (Å²) in [6, 6.07) is 1.92. The average molecular weight is 345 g/mol. The predicted octanol–water partition coefficient (Wildman–Crippen LogP) is 0.566. The van der Waals surface area contributed by atoms with Gasteiger partial charge in [0, 0.05) is 37.7 Å². The van der Waals surface area contributed by atoms with Crippen molar-refractivity contribution >= 4 is 5.91 Å². The first-order chi connectivity index (χ1) is 12.2. The van der Waals surface area contributed by atoms with E-state index in [0.29, 0.717) is 0 Å². The summed E-state index contributed by atoms with van der Waals surface area (Å²) in [5, 5.41) is 15.4. The van der Waals surface area contributed by atoms with Gasteiger partial charge in [-0.1, -0.05) is 11.6 Å². The maximum Gasteiger partial charge on any atom is 0.246 e. The molecule has 1 unspecified atom stereocenters. The van der Waals surface area contributed by atoms with Crippen LogP contribution in [0.3, 0.4) is 0 Å². The fourth-order valence-electron chi connectivity index (χ4n) is 4.10. The SMILES string of the molecule is O=C(Cn1ncnn1)N1CCCCC2(CCN(Cc3ccon3)C2)C1. The lowest BCUT2D eigenvalue weighted by Crippen LogP contribution is -2.43. The van der Waals surface area contributed by atoms with Crippen molar-refractivity contribution in [1.29, 1.82) is 0 Å². The molecule has 1 spiro atoms. The topological polar surface area (TPSA) is 93.2 Å².